The van der Waals surface area contributed by atoms with Crippen molar-refractivity contribution in [2.75, 3.05) is 20.8 Å². The van der Waals surface area contributed by atoms with Gasteiger partial charge in [-0.25, -0.2) is 4.79 Å². The van der Waals surface area contributed by atoms with Crippen LogP contribution in [0.5, 0.6) is 11.5 Å². The molecule has 1 saturated heterocycles. The Morgan fingerprint density at radius 2 is 2.08 bits per heavy atom. The van der Waals surface area contributed by atoms with Crippen molar-refractivity contribution in [2.45, 2.75) is 25.6 Å². The average molecular weight is 354 g/mol. The van der Waals surface area contributed by atoms with Crippen molar-refractivity contribution in [2.24, 2.45) is 0 Å². The molecule has 0 bridgehead atoms. The zero-order valence-corrected chi connectivity index (χ0v) is 15.0. The van der Waals surface area contributed by atoms with E-state index in [1.165, 1.54) is 4.68 Å². The third-order valence-corrected chi connectivity index (χ3v) is 4.96. The number of methoxy groups -OCH3 is 2. The predicted octanol–water partition coefficient (Wildman–Crippen LogP) is 2.31. The molecule has 2 aromatic heterocycles. The Hall–Kier alpha value is -2.80. The van der Waals surface area contributed by atoms with E-state index in [1.807, 2.05) is 36.4 Å². The average Bonchev–Trinajstić information content (AvgIpc) is 3.26. The normalized spacial score (nSPS) is 17.7. The predicted molar refractivity (Wildman–Crippen MR) is 97.7 cm³/mol. The molecular formula is C19H22N4O3. The van der Waals surface area contributed by atoms with Crippen molar-refractivity contribution in [1.82, 2.24) is 19.1 Å². The summed E-state index contributed by atoms with van der Waals surface area (Å²) >= 11 is 0. The van der Waals surface area contributed by atoms with E-state index in [2.05, 4.69) is 10.00 Å². The molecule has 0 spiro atoms. The van der Waals surface area contributed by atoms with Gasteiger partial charge in [-0.15, -0.1) is 5.10 Å². The summed E-state index contributed by atoms with van der Waals surface area (Å²) in [5.74, 6) is 1.64. The maximum atomic E-state index is 12.6. The van der Waals surface area contributed by atoms with E-state index in [0.717, 1.165) is 36.4 Å². The van der Waals surface area contributed by atoms with Crippen LogP contribution < -0.4 is 15.2 Å². The second kappa shape index (κ2) is 6.84. The van der Waals surface area contributed by atoms with Gasteiger partial charge in [0.15, 0.2) is 5.65 Å². The molecule has 1 aliphatic rings. The quantitative estimate of drug-likeness (QED) is 0.704. The van der Waals surface area contributed by atoms with Gasteiger partial charge in [0.2, 0.25) is 0 Å². The first-order valence-electron chi connectivity index (χ1n) is 8.71. The van der Waals surface area contributed by atoms with Gasteiger partial charge in [0.05, 0.1) is 20.9 Å². The number of benzene rings is 1. The highest BCUT2D eigenvalue weighted by Gasteiger charge is 2.29. The molecule has 0 N–H and O–H groups in total. The van der Waals surface area contributed by atoms with Crippen LogP contribution in [-0.4, -0.2) is 39.8 Å². The van der Waals surface area contributed by atoms with Gasteiger partial charge in [-0.05, 0) is 43.2 Å². The van der Waals surface area contributed by atoms with E-state index in [9.17, 15) is 4.79 Å². The number of hydrogen-bond donors (Lipinski definition) is 0. The second-order valence-electron chi connectivity index (χ2n) is 6.43. The summed E-state index contributed by atoms with van der Waals surface area (Å²) in [6.07, 6.45) is 3.81. The summed E-state index contributed by atoms with van der Waals surface area (Å²) < 4.78 is 14.0. The van der Waals surface area contributed by atoms with Crippen molar-refractivity contribution in [3.05, 3.63) is 58.6 Å². The summed E-state index contributed by atoms with van der Waals surface area (Å²) in [4.78, 5) is 14.8. The van der Waals surface area contributed by atoms with Gasteiger partial charge in [-0.2, -0.15) is 4.68 Å². The third kappa shape index (κ3) is 2.84. The number of nitrogens with zero attached hydrogens (tertiary/aromatic N) is 4. The Bertz CT molecular complexity index is 978. The minimum atomic E-state index is -0.121. The summed E-state index contributed by atoms with van der Waals surface area (Å²) in [5.41, 5.74) is 1.62. The summed E-state index contributed by atoms with van der Waals surface area (Å²) in [6, 6.07) is 11.6. The number of hydrogen-bond acceptors (Lipinski definition) is 5. The van der Waals surface area contributed by atoms with Gasteiger partial charge in [-0.1, -0.05) is 6.07 Å². The van der Waals surface area contributed by atoms with Gasteiger partial charge >= 0.3 is 5.69 Å². The first-order valence-corrected chi connectivity index (χ1v) is 8.71. The largest absolute Gasteiger partial charge is 0.497 e. The zero-order valence-electron chi connectivity index (χ0n) is 15.0. The Labute approximate surface area is 151 Å². The molecule has 3 aromatic rings. The van der Waals surface area contributed by atoms with Gasteiger partial charge in [-0.3, -0.25) is 9.30 Å². The minimum Gasteiger partial charge on any atom is -0.497 e. The third-order valence-electron chi connectivity index (χ3n) is 4.96. The number of pyridine rings is 1. The molecule has 1 aromatic carbocycles. The smallest absolute Gasteiger partial charge is 0.351 e. The van der Waals surface area contributed by atoms with E-state index in [1.54, 1.807) is 24.8 Å². The maximum absolute atomic E-state index is 12.6. The van der Waals surface area contributed by atoms with Crippen molar-refractivity contribution < 1.29 is 9.47 Å². The first-order chi connectivity index (χ1) is 12.7. The highest BCUT2D eigenvalue weighted by Crippen LogP contribution is 2.38. The lowest BCUT2D eigenvalue weighted by Crippen LogP contribution is -2.32. The van der Waals surface area contributed by atoms with Crippen LogP contribution in [0, 0.1) is 0 Å². The number of ether oxygens (including phenoxy) is 2. The maximum Gasteiger partial charge on any atom is 0.351 e. The van der Waals surface area contributed by atoms with Crippen molar-refractivity contribution in [1.29, 1.82) is 0 Å². The molecule has 1 aliphatic heterocycles. The van der Waals surface area contributed by atoms with Gasteiger partial charge in [0.1, 0.15) is 11.5 Å². The Morgan fingerprint density at radius 3 is 2.85 bits per heavy atom. The van der Waals surface area contributed by atoms with Crippen LogP contribution in [-0.2, 0) is 6.67 Å². The summed E-state index contributed by atoms with van der Waals surface area (Å²) in [7, 11) is 3.34. The SMILES string of the molecule is COc1ccc(OC)c([C@H]2CCCN2Cn2nc3ccccn3c2=O)c1. The number of fused-ring (bicyclic) bond motifs is 1. The van der Waals surface area contributed by atoms with Crippen LogP contribution in [0.25, 0.3) is 5.65 Å². The summed E-state index contributed by atoms with van der Waals surface area (Å²) in [5, 5.41) is 4.45. The molecule has 7 nitrogen and oxygen atoms in total. The first kappa shape index (κ1) is 16.7. The van der Waals surface area contributed by atoms with Crippen LogP contribution in [0.15, 0.2) is 47.4 Å². The molecule has 3 heterocycles. The Kier molecular flexibility index (Phi) is 4.38. The monoisotopic (exact) mass is 354 g/mol. The van der Waals surface area contributed by atoms with E-state index in [4.69, 9.17) is 9.47 Å². The molecule has 136 valence electrons. The molecule has 0 saturated carbocycles. The lowest BCUT2D eigenvalue weighted by molar-refractivity contribution is 0.185. The lowest BCUT2D eigenvalue weighted by Gasteiger charge is -2.25. The number of likely N-dealkylation sites (tertiary alicyclic amines) is 1. The molecule has 26 heavy (non-hydrogen) atoms. The topological polar surface area (TPSA) is 61.0 Å². The standard InChI is InChI=1S/C19H22N4O3/c1-25-14-8-9-17(26-2)15(12-14)16-6-5-10-21(16)13-23-19(24)22-11-4-3-7-18(22)20-23/h3-4,7-9,11-12,16H,5-6,10,13H2,1-2H3/t16-/m1/s1. The summed E-state index contributed by atoms with van der Waals surface area (Å²) in [6.45, 7) is 1.36. The van der Waals surface area contributed by atoms with Crippen LogP contribution >= 0.6 is 0 Å². The Morgan fingerprint density at radius 1 is 1.19 bits per heavy atom. The molecule has 0 aliphatic carbocycles. The van der Waals surface area contributed by atoms with Gasteiger partial charge < -0.3 is 9.47 Å². The van der Waals surface area contributed by atoms with Crippen molar-refractivity contribution in [3.8, 4) is 11.5 Å². The van der Waals surface area contributed by atoms with Gasteiger partial charge in [0, 0.05) is 24.3 Å². The lowest BCUT2D eigenvalue weighted by atomic mass is 10.0. The van der Waals surface area contributed by atoms with E-state index in [0.29, 0.717) is 12.3 Å². The van der Waals surface area contributed by atoms with Gasteiger partial charge in [0.25, 0.3) is 0 Å². The molecule has 1 fully saturated rings. The fourth-order valence-electron chi connectivity index (χ4n) is 3.68. The minimum absolute atomic E-state index is 0.121. The molecule has 1 atom stereocenters. The molecule has 0 amide bonds. The number of aromatic nitrogens is 3. The van der Waals surface area contributed by atoms with Crippen LogP contribution in [0.1, 0.15) is 24.4 Å². The van der Waals surface area contributed by atoms with Crippen LogP contribution in [0.2, 0.25) is 0 Å². The molecular weight excluding hydrogens is 332 g/mol. The van der Waals surface area contributed by atoms with Crippen molar-refractivity contribution >= 4 is 5.65 Å². The fraction of sp³-hybridized carbons (Fsp3) is 0.368. The van der Waals surface area contributed by atoms with Crippen LogP contribution in [0.3, 0.4) is 0 Å². The van der Waals surface area contributed by atoms with E-state index < -0.39 is 0 Å². The molecule has 7 heteroatoms. The molecule has 0 radical (unpaired) electrons. The second-order valence-corrected chi connectivity index (χ2v) is 6.43. The van der Waals surface area contributed by atoms with E-state index >= 15 is 0 Å². The Balaban J connectivity index is 1.67. The molecule has 0 unspecified atom stereocenters. The van der Waals surface area contributed by atoms with Crippen molar-refractivity contribution in [3.63, 3.8) is 0 Å². The zero-order chi connectivity index (χ0) is 18.1. The molecule has 4 rings (SSSR count). The van der Waals surface area contributed by atoms with Crippen LogP contribution in [0.4, 0.5) is 0 Å². The van der Waals surface area contributed by atoms with E-state index in [-0.39, 0.29) is 11.7 Å². The highest BCUT2D eigenvalue weighted by molar-refractivity contribution is 5.42. The number of rotatable bonds is 5. The highest BCUT2D eigenvalue weighted by atomic mass is 16.5. The fourth-order valence-corrected chi connectivity index (χ4v) is 3.68.